The van der Waals surface area contributed by atoms with Crippen molar-refractivity contribution in [3.63, 3.8) is 0 Å². The zero-order valence-electron chi connectivity index (χ0n) is 13.2. The van der Waals surface area contributed by atoms with E-state index in [1.54, 1.807) is 18.2 Å². The average molecular weight is 317 g/mol. The lowest BCUT2D eigenvalue weighted by atomic mass is 10.1. The Labute approximate surface area is 135 Å². The highest BCUT2D eigenvalue weighted by molar-refractivity contribution is 5.77. The van der Waals surface area contributed by atoms with E-state index in [4.69, 9.17) is 9.47 Å². The molecule has 0 aliphatic heterocycles. The van der Waals surface area contributed by atoms with Crippen molar-refractivity contribution < 1.29 is 18.7 Å². The number of amides is 1. The van der Waals surface area contributed by atoms with Gasteiger partial charge < -0.3 is 14.8 Å². The lowest BCUT2D eigenvalue weighted by Gasteiger charge is -2.16. The van der Waals surface area contributed by atoms with E-state index >= 15 is 0 Å². The van der Waals surface area contributed by atoms with E-state index in [1.807, 2.05) is 25.1 Å². The molecule has 23 heavy (non-hydrogen) atoms. The summed E-state index contributed by atoms with van der Waals surface area (Å²) in [7, 11) is 1.52. The topological polar surface area (TPSA) is 47.6 Å². The van der Waals surface area contributed by atoms with E-state index in [-0.39, 0.29) is 24.9 Å². The van der Waals surface area contributed by atoms with Gasteiger partial charge in [-0.15, -0.1) is 0 Å². The third-order valence-electron chi connectivity index (χ3n) is 3.35. The van der Waals surface area contributed by atoms with E-state index < -0.39 is 6.10 Å². The van der Waals surface area contributed by atoms with Gasteiger partial charge in [0.05, 0.1) is 6.10 Å². The largest absolute Gasteiger partial charge is 0.484 e. The predicted octanol–water partition coefficient (Wildman–Crippen LogP) is 3.02. The molecule has 0 saturated carbocycles. The molecule has 0 aromatic heterocycles. The molecule has 0 aliphatic rings. The van der Waals surface area contributed by atoms with Crippen LogP contribution in [0.5, 0.6) is 5.75 Å². The molecule has 122 valence electrons. The van der Waals surface area contributed by atoms with Crippen molar-refractivity contribution in [3.05, 3.63) is 65.5 Å². The van der Waals surface area contributed by atoms with Crippen LogP contribution in [0, 0.1) is 12.7 Å². The smallest absolute Gasteiger partial charge is 0.258 e. The zero-order chi connectivity index (χ0) is 16.7. The second kappa shape index (κ2) is 8.29. The summed E-state index contributed by atoms with van der Waals surface area (Å²) in [6.07, 6.45) is -0.409. The molecule has 1 unspecified atom stereocenters. The van der Waals surface area contributed by atoms with Crippen molar-refractivity contribution in [3.8, 4) is 5.75 Å². The SMILES string of the molecule is COC(CNC(=O)COc1cccc(C)c1)c1cccc(F)c1. The molecule has 5 heteroatoms. The number of carbonyl (C=O) groups is 1. The Hall–Kier alpha value is -2.40. The fraction of sp³-hybridized carbons (Fsp3) is 0.278. The van der Waals surface area contributed by atoms with Gasteiger partial charge in [-0.3, -0.25) is 4.79 Å². The average Bonchev–Trinajstić information content (AvgIpc) is 2.54. The summed E-state index contributed by atoms with van der Waals surface area (Å²) in [6.45, 7) is 2.12. The number of ether oxygens (including phenoxy) is 2. The third-order valence-corrected chi connectivity index (χ3v) is 3.35. The van der Waals surface area contributed by atoms with E-state index in [2.05, 4.69) is 5.32 Å². The molecule has 1 N–H and O–H groups in total. The molecular formula is C18H20FNO3. The van der Waals surface area contributed by atoms with Crippen molar-refractivity contribution in [2.45, 2.75) is 13.0 Å². The lowest BCUT2D eigenvalue weighted by molar-refractivity contribution is -0.123. The molecule has 4 nitrogen and oxygen atoms in total. The van der Waals surface area contributed by atoms with Gasteiger partial charge in [0.2, 0.25) is 0 Å². The Morgan fingerprint density at radius 3 is 2.70 bits per heavy atom. The second-order valence-electron chi connectivity index (χ2n) is 5.19. The highest BCUT2D eigenvalue weighted by Gasteiger charge is 2.13. The van der Waals surface area contributed by atoms with Crippen LogP contribution in [0.15, 0.2) is 48.5 Å². The lowest BCUT2D eigenvalue weighted by Crippen LogP contribution is -2.33. The van der Waals surface area contributed by atoms with Gasteiger partial charge in [-0.05, 0) is 42.3 Å². The minimum atomic E-state index is -0.409. The second-order valence-corrected chi connectivity index (χ2v) is 5.19. The van der Waals surface area contributed by atoms with Crippen LogP contribution in [0.25, 0.3) is 0 Å². The standard InChI is InChI=1S/C18H20FNO3/c1-13-5-3-8-16(9-13)23-12-18(21)20-11-17(22-2)14-6-4-7-15(19)10-14/h3-10,17H,11-12H2,1-2H3,(H,20,21). The number of hydrogen-bond acceptors (Lipinski definition) is 3. The molecule has 2 aromatic carbocycles. The quantitative estimate of drug-likeness (QED) is 0.854. The molecule has 1 atom stereocenters. The van der Waals surface area contributed by atoms with Crippen LogP contribution in [0.1, 0.15) is 17.2 Å². The van der Waals surface area contributed by atoms with Crippen molar-refractivity contribution in [1.82, 2.24) is 5.32 Å². The van der Waals surface area contributed by atoms with Crippen LogP contribution < -0.4 is 10.1 Å². The minimum absolute atomic E-state index is 0.0803. The molecule has 1 amide bonds. The van der Waals surface area contributed by atoms with Crippen molar-refractivity contribution in [2.75, 3.05) is 20.3 Å². The predicted molar refractivity (Wildman–Crippen MR) is 85.8 cm³/mol. The maximum absolute atomic E-state index is 13.2. The Balaban J connectivity index is 1.83. The molecule has 0 bridgehead atoms. The first-order valence-corrected chi connectivity index (χ1v) is 7.33. The summed E-state index contributed by atoms with van der Waals surface area (Å²) < 4.78 is 24.0. The first-order valence-electron chi connectivity index (χ1n) is 7.33. The van der Waals surface area contributed by atoms with Crippen LogP contribution in [0.3, 0.4) is 0 Å². The van der Waals surface area contributed by atoms with Gasteiger partial charge in [0.25, 0.3) is 5.91 Å². The summed E-state index contributed by atoms with van der Waals surface area (Å²) in [5.74, 6) is 0.0530. The van der Waals surface area contributed by atoms with Gasteiger partial charge in [0.1, 0.15) is 11.6 Å². The Kier molecular flexibility index (Phi) is 6.11. The number of nitrogens with one attached hydrogen (secondary N) is 1. The molecule has 2 rings (SSSR count). The van der Waals surface area contributed by atoms with Gasteiger partial charge in [-0.1, -0.05) is 24.3 Å². The van der Waals surface area contributed by atoms with Crippen molar-refractivity contribution >= 4 is 5.91 Å². The molecule has 0 fully saturated rings. The van der Waals surface area contributed by atoms with E-state index in [9.17, 15) is 9.18 Å². The van der Waals surface area contributed by atoms with Gasteiger partial charge in [-0.2, -0.15) is 0 Å². The fourth-order valence-electron chi connectivity index (χ4n) is 2.16. The molecule has 0 aliphatic carbocycles. The highest BCUT2D eigenvalue weighted by atomic mass is 19.1. The molecule has 0 radical (unpaired) electrons. The van der Waals surface area contributed by atoms with E-state index in [0.717, 1.165) is 5.56 Å². The molecule has 0 saturated heterocycles. The number of hydrogen-bond donors (Lipinski definition) is 1. The van der Waals surface area contributed by atoms with Gasteiger partial charge >= 0.3 is 0 Å². The van der Waals surface area contributed by atoms with Gasteiger partial charge in [0.15, 0.2) is 6.61 Å². The Bertz CT molecular complexity index is 660. The van der Waals surface area contributed by atoms with Gasteiger partial charge in [0, 0.05) is 13.7 Å². The van der Waals surface area contributed by atoms with Crippen LogP contribution in [0.2, 0.25) is 0 Å². The number of methoxy groups -OCH3 is 1. The summed E-state index contributed by atoms with van der Waals surface area (Å²) in [5.41, 5.74) is 1.74. The number of halogens is 1. The van der Waals surface area contributed by atoms with Crippen molar-refractivity contribution in [2.24, 2.45) is 0 Å². The Morgan fingerprint density at radius 1 is 1.22 bits per heavy atom. The van der Waals surface area contributed by atoms with Gasteiger partial charge in [-0.25, -0.2) is 4.39 Å². The normalized spacial score (nSPS) is 11.8. The fourth-order valence-corrected chi connectivity index (χ4v) is 2.16. The number of carbonyl (C=O) groups excluding carboxylic acids is 1. The van der Waals surface area contributed by atoms with Crippen LogP contribution in [-0.4, -0.2) is 26.2 Å². The molecular weight excluding hydrogens is 297 g/mol. The molecule has 2 aromatic rings. The monoisotopic (exact) mass is 317 g/mol. The maximum Gasteiger partial charge on any atom is 0.258 e. The summed E-state index contributed by atoms with van der Waals surface area (Å²) in [5, 5.41) is 2.73. The van der Waals surface area contributed by atoms with Crippen LogP contribution in [-0.2, 0) is 9.53 Å². The first kappa shape index (κ1) is 17.0. The molecule has 0 spiro atoms. The first-order chi connectivity index (χ1) is 11.1. The maximum atomic E-state index is 13.2. The number of aryl methyl sites for hydroxylation is 1. The van der Waals surface area contributed by atoms with Crippen LogP contribution in [0.4, 0.5) is 4.39 Å². The number of benzene rings is 2. The van der Waals surface area contributed by atoms with Crippen LogP contribution >= 0.6 is 0 Å². The summed E-state index contributed by atoms with van der Waals surface area (Å²) in [4.78, 5) is 11.9. The highest BCUT2D eigenvalue weighted by Crippen LogP contribution is 2.16. The third kappa shape index (κ3) is 5.38. The minimum Gasteiger partial charge on any atom is -0.484 e. The zero-order valence-corrected chi connectivity index (χ0v) is 13.2. The summed E-state index contributed by atoms with van der Waals surface area (Å²) >= 11 is 0. The number of rotatable bonds is 7. The van der Waals surface area contributed by atoms with E-state index in [1.165, 1.54) is 19.2 Å². The Morgan fingerprint density at radius 2 is 2.00 bits per heavy atom. The van der Waals surface area contributed by atoms with E-state index in [0.29, 0.717) is 11.3 Å². The van der Waals surface area contributed by atoms with Crippen molar-refractivity contribution in [1.29, 1.82) is 0 Å². The summed E-state index contributed by atoms with van der Waals surface area (Å²) in [6, 6.07) is 13.6. The molecule has 0 heterocycles.